The summed E-state index contributed by atoms with van der Waals surface area (Å²) < 4.78 is 10.9. The number of hydrogen-bond acceptors (Lipinski definition) is 4. The van der Waals surface area contributed by atoms with Gasteiger partial charge >= 0.3 is 6.01 Å². The predicted molar refractivity (Wildman–Crippen MR) is 69.2 cm³/mol. The maximum absolute atomic E-state index is 12.1. The van der Waals surface area contributed by atoms with E-state index in [2.05, 4.69) is 10.3 Å². The van der Waals surface area contributed by atoms with Crippen LogP contribution in [0.4, 0.5) is 6.01 Å². The fourth-order valence-corrected chi connectivity index (χ4v) is 2.04. The minimum atomic E-state index is -0.523. The van der Waals surface area contributed by atoms with E-state index in [-0.39, 0.29) is 11.9 Å². The molecule has 1 N–H and O–H groups in total. The fourth-order valence-electron chi connectivity index (χ4n) is 2.04. The number of para-hydroxylation sites is 1. The average Bonchev–Trinajstić information content (AvgIpc) is 2.93. The van der Waals surface area contributed by atoms with Crippen LogP contribution in [0.5, 0.6) is 5.75 Å². The molecule has 2 aromatic rings. The van der Waals surface area contributed by atoms with E-state index >= 15 is 0 Å². The molecular weight excluding hydrogens is 244 g/mol. The van der Waals surface area contributed by atoms with E-state index in [0.29, 0.717) is 12.2 Å². The van der Waals surface area contributed by atoms with Gasteiger partial charge < -0.3 is 9.15 Å². The summed E-state index contributed by atoms with van der Waals surface area (Å²) in [5.41, 5.74) is 1.81. The Hall–Kier alpha value is -2.30. The van der Waals surface area contributed by atoms with Crippen molar-refractivity contribution in [3.05, 3.63) is 41.3 Å². The Morgan fingerprint density at radius 1 is 1.37 bits per heavy atom. The van der Waals surface area contributed by atoms with Crippen molar-refractivity contribution in [3.8, 4) is 5.75 Å². The van der Waals surface area contributed by atoms with Crippen LogP contribution in [0.2, 0.25) is 0 Å². The average molecular weight is 258 g/mol. The first-order valence-corrected chi connectivity index (χ1v) is 6.13. The summed E-state index contributed by atoms with van der Waals surface area (Å²) in [6.07, 6.45) is 0.0469. The van der Waals surface area contributed by atoms with Gasteiger partial charge in [-0.25, -0.2) is 0 Å². The zero-order valence-corrected chi connectivity index (χ0v) is 10.8. The highest BCUT2D eigenvalue weighted by Crippen LogP contribution is 2.28. The molecule has 1 atom stereocenters. The molecule has 0 saturated carbocycles. The van der Waals surface area contributed by atoms with E-state index in [9.17, 15) is 4.79 Å². The minimum absolute atomic E-state index is 0.222. The van der Waals surface area contributed by atoms with Crippen molar-refractivity contribution in [3.63, 3.8) is 0 Å². The van der Waals surface area contributed by atoms with Crippen LogP contribution in [0.15, 0.2) is 28.7 Å². The molecule has 5 heteroatoms. The van der Waals surface area contributed by atoms with Crippen molar-refractivity contribution < 1.29 is 13.9 Å². The second-order valence-corrected chi connectivity index (χ2v) is 4.57. The first-order chi connectivity index (χ1) is 9.13. The van der Waals surface area contributed by atoms with E-state index in [0.717, 1.165) is 17.0 Å². The van der Waals surface area contributed by atoms with Gasteiger partial charge in [0.2, 0.25) is 0 Å². The summed E-state index contributed by atoms with van der Waals surface area (Å²) in [5.74, 6) is 1.23. The second kappa shape index (κ2) is 4.42. The van der Waals surface area contributed by atoms with Gasteiger partial charge in [0.05, 0.1) is 5.69 Å². The number of carbonyl (C=O) groups excluding carboxylic acids is 1. The number of amides is 1. The number of aromatic nitrogens is 1. The molecule has 0 bridgehead atoms. The van der Waals surface area contributed by atoms with Crippen molar-refractivity contribution >= 4 is 11.9 Å². The minimum Gasteiger partial charge on any atom is -0.480 e. The third-order valence-corrected chi connectivity index (χ3v) is 3.20. The van der Waals surface area contributed by atoms with Gasteiger partial charge in [-0.05, 0) is 25.5 Å². The molecule has 1 amide bonds. The Kier molecular flexibility index (Phi) is 2.74. The Morgan fingerprint density at radius 2 is 2.16 bits per heavy atom. The first kappa shape index (κ1) is 11.8. The molecule has 1 unspecified atom stereocenters. The summed E-state index contributed by atoms with van der Waals surface area (Å²) in [4.78, 5) is 16.2. The van der Waals surface area contributed by atoms with Gasteiger partial charge in [0.1, 0.15) is 11.5 Å². The van der Waals surface area contributed by atoms with Crippen molar-refractivity contribution in [1.82, 2.24) is 4.98 Å². The summed E-state index contributed by atoms with van der Waals surface area (Å²) in [6, 6.07) is 7.87. The van der Waals surface area contributed by atoms with Crippen LogP contribution in [0.25, 0.3) is 0 Å². The monoisotopic (exact) mass is 258 g/mol. The Labute approximate surface area is 110 Å². The van der Waals surface area contributed by atoms with Crippen LogP contribution < -0.4 is 10.1 Å². The number of fused-ring (bicyclic) bond motifs is 1. The van der Waals surface area contributed by atoms with Gasteiger partial charge in [-0.15, -0.1) is 0 Å². The lowest BCUT2D eigenvalue weighted by Crippen LogP contribution is -2.31. The molecule has 0 radical (unpaired) electrons. The predicted octanol–water partition coefficient (Wildman–Crippen LogP) is 2.23. The molecule has 98 valence electrons. The summed E-state index contributed by atoms with van der Waals surface area (Å²) >= 11 is 0. The van der Waals surface area contributed by atoms with E-state index < -0.39 is 6.10 Å². The molecule has 1 aromatic heterocycles. The van der Waals surface area contributed by atoms with Crippen LogP contribution in [-0.4, -0.2) is 17.0 Å². The highest BCUT2D eigenvalue weighted by Gasteiger charge is 2.29. The molecule has 19 heavy (non-hydrogen) atoms. The topological polar surface area (TPSA) is 64.4 Å². The number of ether oxygens (including phenoxy) is 1. The normalized spacial score (nSPS) is 16.8. The zero-order chi connectivity index (χ0) is 13.4. The molecule has 0 aliphatic carbocycles. The molecule has 0 saturated heterocycles. The van der Waals surface area contributed by atoms with E-state index in [4.69, 9.17) is 9.15 Å². The number of nitrogens with zero attached hydrogens (tertiary/aromatic N) is 1. The molecular formula is C14H14N2O3. The third-order valence-electron chi connectivity index (χ3n) is 3.20. The van der Waals surface area contributed by atoms with Crippen LogP contribution in [-0.2, 0) is 11.2 Å². The van der Waals surface area contributed by atoms with Gasteiger partial charge in [-0.3, -0.25) is 10.1 Å². The van der Waals surface area contributed by atoms with Crippen molar-refractivity contribution in [2.45, 2.75) is 26.4 Å². The van der Waals surface area contributed by atoms with Crippen LogP contribution in [0.1, 0.15) is 17.0 Å². The van der Waals surface area contributed by atoms with E-state index in [1.54, 1.807) is 6.92 Å². The quantitative estimate of drug-likeness (QED) is 0.897. The summed E-state index contributed by atoms with van der Waals surface area (Å²) in [6.45, 7) is 3.64. The van der Waals surface area contributed by atoms with Gasteiger partial charge in [0.25, 0.3) is 5.91 Å². The Bertz CT molecular complexity index is 589. The molecule has 5 nitrogen and oxygen atoms in total. The molecule has 0 fully saturated rings. The fraction of sp³-hybridized carbons (Fsp3) is 0.286. The van der Waals surface area contributed by atoms with Crippen LogP contribution in [0.3, 0.4) is 0 Å². The number of oxazole rings is 1. The first-order valence-electron chi connectivity index (χ1n) is 6.13. The molecule has 1 aliphatic rings. The smallest absolute Gasteiger partial charge is 0.301 e. The lowest BCUT2D eigenvalue weighted by Gasteiger charge is -2.08. The number of nitrogens with one attached hydrogen (secondary N) is 1. The highest BCUT2D eigenvalue weighted by molar-refractivity contribution is 5.93. The summed E-state index contributed by atoms with van der Waals surface area (Å²) in [5, 5.41) is 2.64. The lowest BCUT2D eigenvalue weighted by atomic mass is 10.1. The van der Waals surface area contributed by atoms with Gasteiger partial charge in [0.15, 0.2) is 6.10 Å². The number of aryl methyl sites for hydroxylation is 2. The molecule has 1 aromatic carbocycles. The van der Waals surface area contributed by atoms with Crippen molar-refractivity contribution in [1.29, 1.82) is 0 Å². The van der Waals surface area contributed by atoms with Gasteiger partial charge in [-0.1, -0.05) is 18.2 Å². The number of benzene rings is 1. The third kappa shape index (κ3) is 2.19. The van der Waals surface area contributed by atoms with Crippen LogP contribution in [0, 0.1) is 13.8 Å². The largest absolute Gasteiger partial charge is 0.480 e. The number of carbonyl (C=O) groups is 1. The van der Waals surface area contributed by atoms with Gasteiger partial charge in [0, 0.05) is 6.42 Å². The number of hydrogen-bond donors (Lipinski definition) is 1. The maximum atomic E-state index is 12.1. The highest BCUT2D eigenvalue weighted by atomic mass is 16.5. The maximum Gasteiger partial charge on any atom is 0.301 e. The number of rotatable bonds is 2. The number of anilines is 1. The molecule has 3 rings (SSSR count). The van der Waals surface area contributed by atoms with E-state index in [1.165, 1.54) is 0 Å². The summed E-state index contributed by atoms with van der Waals surface area (Å²) in [7, 11) is 0. The molecule has 2 heterocycles. The lowest BCUT2D eigenvalue weighted by molar-refractivity contribution is -0.122. The SMILES string of the molecule is Cc1nc(NC(=O)C2Cc3ccccc3O2)oc1C. The molecule has 1 aliphatic heterocycles. The standard InChI is InChI=1S/C14H14N2O3/c1-8-9(2)18-14(15-8)16-13(17)12-7-10-5-3-4-6-11(10)19-12/h3-6,12H,7H2,1-2H3,(H,15,16,17). The molecule has 0 spiro atoms. The van der Waals surface area contributed by atoms with Crippen molar-refractivity contribution in [2.75, 3.05) is 5.32 Å². The zero-order valence-electron chi connectivity index (χ0n) is 10.8. The van der Waals surface area contributed by atoms with Crippen LogP contribution >= 0.6 is 0 Å². The van der Waals surface area contributed by atoms with E-state index in [1.807, 2.05) is 31.2 Å². The van der Waals surface area contributed by atoms with Crippen molar-refractivity contribution in [2.24, 2.45) is 0 Å². The second-order valence-electron chi connectivity index (χ2n) is 4.57. The Morgan fingerprint density at radius 3 is 2.84 bits per heavy atom. The van der Waals surface area contributed by atoms with Gasteiger partial charge in [-0.2, -0.15) is 4.98 Å². The Balaban J connectivity index is 1.70.